The molecule has 3 heterocycles. The zero-order valence-electron chi connectivity index (χ0n) is 19.3. The number of benzene rings is 1. The maximum Gasteiger partial charge on any atom is 0.243 e. The van der Waals surface area contributed by atoms with E-state index in [2.05, 4.69) is 25.7 Å². The lowest BCUT2D eigenvalue weighted by atomic mass is 10.0. The Bertz CT molecular complexity index is 1220. The first-order chi connectivity index (χ1) is 16.0. The summed E-state index contributed by atoms with van der Waals surface area (Å²) in [6, 6.07) is 11.4. The molecule has 0 fully saturated rings. The Kier molecular flexibility index (Phi) is 10.8. The van der Waals surface area contributed by atoms with Crippen LogP contribution in [-0.2, 0) is 24.3 Å². The molecule has 1 unspecified atom stereocenters. The largest absolute Gasteiger partial charge is 0.310 e. The lowest BCUT2D eigenvalue weighted by Gasteiger charge is -2.18. The normalized spacial score (nSPS) is 11.3. The molecule has 3 aromatic heterocycles. The van der Waals surface area contributed by atoms with E-state index in [4.69, 9.17) is 0 Å². The van der Waals surface area contributed by atoms with Gasteiger partial charge in [-0.3, -0.25) is 15.1 Å². The Labute approximate surface area is 220 Å². The number of pyridine rings is 1. The fraction of sp³-hybridized carbons (Fsp3) is 0.250. The number of halogens is 3. The van der Waals surface area contributed by atoms with Gasteiger partial charge in [0.1, 0.15) is 11.6 Å². The lowest BCUT2D eigenvalue weighted by Crippen LogP contribution is -2.42. The molecule has 0 aliphatic heterocycles. The minimum absolute atomic E-state index is 0. The molecule has 1 atom stereocenters. The van der Waals surface area contributed by atoms with Crippen LogP contribution in [0.25, 0.3) is 11.3 Å². The van der Waals surface area contributed by atoms with Crippen molar-refractivity contribution in [1.82, 2.24) is 25.1 Å². The fourth-order valence-electron chi connectivity index (χ4n) is 3.48. The number of nitrogens with one attached hydrogen (secondary N) is 2. The van der Waals surface area contributed by atoms with Crippen molar-refractivity contribution in [3.8, 4) is 11.3 Å². The van der Waals surface area contributed by atoms with E-state index in [9.17, 15) is 9.18 Å². The van der Waals surface area contributed by atoms with Crippen LogP contribution in [0.1, 0.15) is 23.9 Å². The molecular formula is C24H27Cl2FN6OS. The summed E-state index contributed by atoms with van der Waals surface area (Å²) in [6.45, 7) is 4.96. The van der Waals surface area contributed by atoms with Gasteiger partial charge in [-0.2, -0.15) is 5.10 Å². The number of anilines is 1. The zero-order chi connectivity index (χ0) is 23.2. The minimum atomic E-state index is -0.538. The second-order valence-electron chi connectivity index (χ2n) is 7.65. The number of nitrogens with zero attached hydrogens (tertiary/aromatic N) is 4. The quantitative estimate of drug-likeness (QED) is 0.312. The van der Waals surface area contributed by atoms with Gasteiger partial charge >= 0.3 is 0 Å². The molecule has 0 saturated carbocycles. The van der Waals surface area contributed by atoms with Crippen LogP contribution in [0.3, 0.4) is 0 Å². The van der Waals surface area contributed by atoms with Crippen LogP contribution in [-0.4, -0.2) is 31.7 Å². The molecule has 11 heteroatoms. The average Bonchev–Trinajstić information content (AvgIpc) is 3.47. The molecule has 0 radical (unpaired) electrons. The number of aromatic nitrogens is 4. The zero-order valence-corrected chi connectivity index (χ0v) is 21.7. The van der Waals surface area contributed by atoms with Crippen molar-refractivity contribution in [1.29, 1.82) is 0 Å². The highest BCUT2D eigenvalue weighted by Gasteiger charge is 2.21. The Morgan fingerprint density at radius 3 is 2.57 bits per heavy atom. The highest BCUT2D eigenvalue weighted by molar-refractivity contribution is 7.07. The maximum atomic E-state index is 13.3. The first kappa shape index (κ1) is 28.4. The second-order valence-corrected chi connectivity index (χ2v) is 8.37. The van der Waals surface area contributed by atoms with E-state index in [1.807, 2.05) is 37.4 Å². The first-order valence-corrected chi connectivity index (χ1v) is 11.6. The maximum absolute atomic E-state index is 13.3. The SMILES string of the molecule is CCn1nc(-c2ccnc(C)c2)cc1NC(=O)C(Cc1ccc(F)cc1)NCc1cscn1.Cl.Cl. The molecule has 4 aromatic rings. The number of rotatable bonds is 9. The third-order valence-electron chi connectivity index (χ3n) is 5.21. The molecule has 1 aromatic carbocycles. The Balaban J connectivity index is 0.00000216. The number of hydrogen-bond donors (Lipinski definition) is 2. The lowest BCUT2D eigenvalue weighted by molar-refractivity contribution is -0.118. The molecule has 0 saturated heterocycles. The monoisotopic (exact) mass is 536 g/mol. The molecule has 4 rings (SSSR count). The predicted octanol–water partition coefficient (Wildman–Crippen LogP) is 5.05. The molecule has 0 spiro atoms. The van der Waals surface area contributed by atoms with E-state index in [-0.39, 0.29) is 36.5 Å². The summed E-state index contributed by atoms with van der Waals surface area (Å²) >= 11 is 1.51. The van der Waals surface area contributed by atoms with Crippen LogP contribution >= 0.6 is 36.2 Å². The van der Waals surface area contributed by atoms with Crippen molar-refractivity contribution in [2.24, 2.45) is 0 Å². The molecular weight excluding hydrogens is 510 g/mol. The van der Waals surface area contributed by atoms with E-state index in [0.717, 1.165) is 28.2 Å². The van der Waals surface area contributed by atoms with Crippen LogP contribution in [0, 0.1) is 12.7 Å². The summed E-state index contributed by atoms with van der Waals surface area (Å²) in [7, 11) is 0. The Morgan fingerprint density at radius 2 is 1.91 bits per heavy atom. The minimum Gasteiger partial charge on any atom is -0.310 e. The number of hydrogen-bond acceptors (Lipinski definition) is 6. The van der Waals surface area contributed by atoms with Gasteiger partial charge in [0, 0.05) is 42.0 Å². The highest BCUT2D eigenvalue weighted by Crippen LogP contribution is 2.22. The average molecular weight is 537 g/mol. The summed E-state index contributed by atoms with van der Waals surface area (Å²) in [6.07, 6.45) is 2.15. The van der Waals surface area contributed by atoms with Gasteiger partial charge in [0.05, 0.1) is 22.9 Å². The van der Waals surface area contributed by atoms with Crippen molar-refractivity contribution >= 4 is 47.9 Å². The van der Waals surface area contributed by atoms with Gasteiger partial charge in [-0.25, -0.2) is 14.1 Å². The molecule has 0 bridgehead atoms. The van der Waals surface area contributed by atoms with Gasteiger partial charge in [0.2, 0.25) is 5.91 Å². The Hall–Kier alpha value is -2.85. The highest BCUT2D eigenvalue weighted by atomic mass is 35.5. The van der Waals surface area contributed by atoms with Gasteiger partial charge in [-0.1, -0.05) is 12.1 Å². The third-order valence-corrected chi connectivity index (χ3v) is 5.84. The summed E-state index contributed by atoms with van der Waals surface area (Å²) in [4.78, 5) is 21.8. The van der Waals surface area contributed by atoms with Crippen molar-refractivity contribution in [3.05, 3.63) is 82.3 Å². The van der Waals surface area contributed by atoms with E-state index >= 15 is 0 Å². The topological polar surface area (TPSA) is 84.7 Å². The molecule has 0 aliphatic carbocycles. The molecule has 7 nitrogen and oxygen atoms in total. The number of thiazole rings is 1. The molecule has 1 amide bonds. The number of carbonyl (C=O) groups is 1. The second kappa shape index (κ2) is 13.3. The van der Waals surface area contributed by atoms with Crippen LogP contribution in [0.2, 0.25) is 0 Å². The number of amides is 1. The number of carbonyl (C=O) groups excluding carboxylic acids is 1. The Morgan fingerprint density at radius 1 is 1.14 bits per heavy atom. The van der Waals surface area contributed by atoms with Crippen molar-refractivity contribution in [3.63, 3.8) is 0 Å². The summed E-state index contributed by atoms with van der Waals surface area (Å²) in [5, 5.41) is 12.9. The smallest absolute Gasteiger partial charge is 0.243 e. The van der Waals surface area contributed by atoms with Gasteiger partial charge in [0.25, 0.3) is 0 Å². The molecule has 35 heavy (non-hydrogen) atoms. The van der Waals surface area contributed by atoms with Gasteiger partial charge in [-0.05, 0) is 50.1 Å². The molecule has 186 valence electrons. The van der Waals surface area contributed by atoms with Crippen LogP contribution in [0.15, 0.2) is 59.6 Å². The summed E-state index contributed by atoms with van der Waals surface area (Å²) < 4.78 is 15.1. The van der Waals surface area contributed by atoms with Crippen LogP contribution < -0.4 is 10.6 Å². The van der Waals surface area contributed by atoms with E-state index in [0.29, 0.717) is 25.3 Å². The van der Waals surface area contributed by atoms with Gasteiger partial charge < -0.3 is 5.32 Å². The summed E-state index contributed by atoms with van der Waals surface area (Å²) in [5.41, 5.74) is 6.09. The third kappa shape index (κ3) is 7.57. The standard InChI is InChI=1S/C24H25FN6OS.2ClH/c1-3-31-23(12-21(30-31)18-8-9-26-16(2)10-18)29-24(32)22(27-13-20-14-33-15-28-20)11-17-4-6-19(25)7-5-17;;/h4-10,12,14-15,22,27H,3,11,13H2,1-2H3,(H,29,32);2*1H. The molecule has 2 N–H and O–H groups in total. The van der Waals surface area contributed by atoms with E-state index < -0.39 is 6.04 Å². The van der Waals surface area contributed by atoms with E-state index in [1.165, 1.54) is 23.5 Å². The van der Waals surface area contributed by atoms with Crippen LogP contribution in [0.4, 0.5) is 10.2 Å². The van der Waals surface area contributed by atoms with Crippen molar-refractivity contribution in [2.45, 2.75) is 39.4 Å². The fourth-order valence-corrected chi connectivity index (χ4v) is 4.04. The first-order valence-electron chi connectivity index (χ1n) is 10.7. The van der Waals surface area contributed by atoms with E-state index in [1.54, 1.807) is 28.5 Å². The van der Waals surface area contributed by atoms with Gasteiger partial charge in [0.15, 0.2) is 0 Å². The van der Waals surface area contributed by atoms with Crippen molar-refractivity contribution in [2.75, 3.05) is 5.32 Å². The van der Waals surface area contributed by atoms with Gasteiger partial charge in [-0.15, -0.1) is 36.2 Å². The van der Waals surface area contributed by atoms with Crippen LogP contribution in [0.5, 0.6) is 0 Å². The number of aryl methyl sites for hydroxylation is 2. The van der Waals surface area contributed by atoms with Crippen molar-refractivity contribution < 1.29 is 9.18 Å². The molecule has 0 aliphatic rings. The predicted molar refractivity (Wildman–Crippen MR) is 142 cm³/mol. The summed E-state index contributed by atoms with van der Waals surface area (Å²) in [5.74, 6) is 0.119.